The predicted octanol–water partition coefficient (Wildman–Crippen LogP) is 4.94. The van der Waals surface area contributed by atoms with E-state index in [9.17, 15) is 4.39 Å². The molecule has 5 heteroatoms. The summed E-state index contributed by atoms with van der Waals surface area (Å²) >= 11 is 6.68. The zero-order chi connectivity index (χ0) is 14.4. The van der Waals surface area contributed by atoms with Crippen molar-refractivity contribution in [1.82, 2.24) is 0 Å². The molecule has 0 aromatic heterocycles. The fraction of sp³-hybridized carbons (Fsp3) is 0.200. The molecule has 0 bridgehead atoms. The number of ether oxygens (including phenoxy) is 2. The first-order valence-corrected chi connectivity index (χ1v) is 7.96. The average molecular weight is 404 g/mol. The van der Waals surface area contributed by atoms with E-state index in [1.54, 1.807) is 6.07 Å². The molecule has 0 spiro atoms. The van der Waals surface area contributed by atoms with Crippen LogP contribution in [0.2, 0.25) is 0 Å². The van der Waals surface area contributed by atoms with Gasteiger partial charge in [-0.2, -0.15) is 0 Å². The minimum absolute atomic E-state index is 0.280. The van der Waals surface area contributed by atoms with Gasteiger partial charge < -0.3 is 9.47 Å². The van der Waals surface area contributed by atoms with Gasteiger partial charge in [0.15, 0.2) is 11.6 Å². The zero-order valence-electron chi connectivity index (χ0n) is 10.6. The third-order valence-corrected chi connectivity index (χ3v) is 3.68. The minimum Gasteiger partial charge on any atom is -0.490 e. The van der Waals surface area contributed by atoms with E-state index in [2.05, 4.69) is 31.9 Å². The van der Waals surface area contributed by atoms with Crippen molar-refractivity contribution >= 4 is 31.9 Å². The van der Waals surface area contributed by atoms with Gasteiger partial charge in [0, 0.05) is 15.4 Å². The number of rotatable bonds is 6. The van der Waals surface area contributed by atoms with Gasteiger partial charge in [-0.3, -0.25) is 0 Å². The van der Waals surface area contributed by atoms with Crippen LogP contribution in [0.3, 0.4) is 0 Å². The summed E-state index contributed by atoms with van der Waals surface area (Å²) in [6.45, 7) is 0.639. The molecule has 0 unspecified atom stereocenters. The molecule has 0 radical (unpaired) electrons. The summed E-state index contributed by atoms with van der Waals surface area (Å²) < 4.78 is 25.6. The van der Waals surface area contributed by atoms with Gasteiger partial charge in [0.05, 0.1) is 0 Å². The molecule has 0 heterocycles. The lowest BCUT2D eigenvalue weighted by atomic mass is 10.2. The van der Waals surface area contributed by atoms with E-state index < -0.39 is 0 Å². The SMILES string of the molecule is Fc1cccc(CBr)c1OCCOc1cccc(Br)c1. The van der Waals surface area contributed by atoms with Crippen molar-refractivity contribution in [2.45, 2.75) is 5.33 Å². The molecule has 2 rings (SSSR count). The number of halogens is 3. The molecule has 20 heavy (non-hydrogen) atoms. The number of hydrogen-bond donors (Lipinski definition) is 0. The molecule has 0 saturated heterocycles. The van der Waals surface area contributed by atoms with Gasteiger partial charge in [-0.25, -0.2) is 4.39 Å². The highest BCUT2D eigenvalue weighted by atomic mass is 79.9. The van der Waals surface area contributed by atoms with E-state index >= 15 is 0 Å². The van der Waals surface area contributed by atoms with Crippen molar-refractivity contribution in [1.29, 1.82) is 0 Å². The van der Waals surface area contributed by atoms with Crippen LogP contribution in [0, 0.1) is 5.82 Å². The molecular formula is C15H13Br2FO2. The molecule has 106 valence electrons. The number of hydrogen-bond acceptors (Lipinski definition) is 2. The summed E-state index contributed by atoms with van der Waals surface area (Å²) in [5, 5.41) is 0.548. The van der Waals surface area contributed by atoms with Crippen LogP contribution in [-0.4, -0.2) is 13.2 Å². The first kappa shape index (κ1) is 15.3. The minimum atomic E-state index is -0.357. The normalized spacial score (nSPS) is 10.3. The molecule has 0 N–H and O–H groups in total. The monoisotopic (exact) mass is 402 g/mol. The quantitative estimate of drug-likeness (QED) is 0.502. The Morgan fingerprint density at radius 1 is 1.00 bits per heavy atom. The molecule has 2 aromatic carbocycles. The van der Waals surface area contributed by atoms with Crippen LogP contribution < -0.4 is 9.47 Å². The number of benzene rings is 2. The summed E-state index contributed by atoms with van der Waals surface area (Å²) in [7, 11) is 0. The van der Waals surface area contributed by atoms with Gasteiger partial charge in [0.2, 0.25) is 0 Å². The second-order valence-electron chi connectivity index (χ2n) is 4.02. The largest absolute Gasteiger partial charge is 0.490 e. The molecule has 0 aliphatic carbocycles. The van der Waals surface area contributed by atoms with Crippen LogP contribution in [0.4, 0.5) is 4.39 Å². The molecule has 0 aliphatic rings. The first-order valence-electron chi connectivity index (χ1n) is 6.05. The molecule has 2 aromatic rings. The molecule has 0 aliphatic heterocycles. The third kappa shape index (κ3) is 4.21. The lowest BCUT2D eigenvalue weighted by Gasteiger charge is -2.11. The molecular weight excluding hydrogens is 391 g/mol. The topological polar surface area (TPSA) is 18.5 Å². The maximum Gasteiger partial charge on any atom is 0.165 e. The molecule has 0 fully saturated rings. The van der Waals surface area contributed by atoms with Gasteiger partial charge in [0.25, 0.3) is 0 Å². The van der Waals surface area contributed by atoms with E-state index in [0.717, 1.165) is 15.8 Å². The smallest absolute Gasteiger partial charge is 0.165 e. The van der Waals surface area contributed by atoms with Crippen molar-refractivity contribution in [3.05, 3.63) is 58.3 Å². The van der Waals surface area contributed by atoms with Crippen LogP contribution in [0.5, 0.6) is 11.5 Å². The van der Waals surface area contributed by atoms with E-state index in [4.69, 9.17) is 9.47 Å². The van der Waals surface area contributed by atoms with Crippen LogP contribution in [0.25, 0.3) is 0 Å². The Kier molecular flexibility index (Phi) is 5.86. The second kappa shape index (κ2) is 7.64. The van der Waals surface area contributed by atoms with Gasteiger partial charge in [-0.15, -0.1) is 0 Å². The van der Waals surface area contributed by atoms with Crippen LogP contribution in [0.1, 0.15) is 5.56 Å². The highest BCUT2D eigenvalue weighted by Crippen LogP contribution is 2.24. The number of para-hydroxylation sites is 1. The van der Waals surface area contributed by atoms with Crippen molar-refractivity contribution in [3.63, 3.8) is 0 Å². The van der Waals surface area contributed by atoms with E-state index in [1.165, 1.54) is 6.07 Å². The van der Waals surface area contributed by atoms with E-state index in [0.29, 0.717) is 11.9 Å². The van der Waals surface area contributed by atoms with Gasteiger partial charge in [0.1, 0.15) is 19.0 Å². The standard InChI is InChI=1S/C15H13Br2FO2/c16-10-11-3-1-6-14(18)15(11)20-8-7-19-13-5-2-4-12(17)9-13/h1-6,9H,7-8,10H2. The fourth-order valence-corrected chi connectivity index (χ4v) is 2.50. The predicted molar refractivity (Wildman–Crippen MR) is 84.2 cm³/mol. The average Bonchev–Trinajstić information content (AvgIpc) is 2.45. The van der Waals surface area contributed by atoms with Crippen LogP contribution in [0.15, 0.2) is 46.9 Å². The summed E-state index contributed by atoms with van der Waals surface area (Å²) in [6.07, 6.45) is 0. The molecule has 0 saturated carbocycles. The zero-order valence-corrected chi connectivity index (χ0v) is 13.8. The van der Waals surface area contributed by atoms with Crippen molar-refractivity contribution in [2.75, 3.05) is 13.2 Å². The Morgan fingerprint density at radius 3 is 2.50 bits per heavy atom. The Bertz CT molecular complexity index is 576. The van der Waals surface area contributed by atoms with Crippen molar-refractivity contribution < 1.29 is 13.9 Å². The lowest BCUT2D eigenvalue weighted by molar-refractivity contribution is 0.210. The summed E-state index contributed by atoms with van der Waals surface area (Å²) in [5.74, 6) is 0.670. The Morgan fingerprint density at radius 2 is 1.75 bits per heavy atom. The van der Waals surface area contributed by atoms with Gasteiger partial charge in [-0.05, 0) is 24.3 Å². The summed E-state index contributed by atoms with van der Waals surface area (Å²) in [4.78, 5) is 0. The maximum absolute atomic E-state index is 13.6. The molecule has 0 amide bonds. The molecule has 0 atom stereocenters. The van der Waals surface area contributed by atoms with Gasteiger partial charge >= 0.3 is 0 Å². The van der Waals surface area contributed by atoms with Gasteiger partial charge in [-0.1, -0.05) is 50.1 Å². The Hall–Kier alpha value is -1.07. The Balaban J connectivity index is 1.87. The fourth-order valence-electron chi connectivity index (χ4n) is 1.68. The third-order valence-electron chi connectivity index (χ3n) is 2.59. The van der Waals surface area contributed by atoms with Crippen LogP contribution in [-0.2, 0) is 5.33 Å². The summed E-state index contributed by atoms with van der Waals surface area (Å²) in [6, 6.07) is 12.4. The first-order chi connectivity index (χ1) is 9.70. The van der Waals surface area contributed by atoms with E-state index in [1.807, 2.05) is 30.3 Å². The highest BCUT2D eigenvalue weighted by molar-refractivity contribution is 9.10. The van der Waals surface area contributed by atoms with Crippen molar-refractivity contribution in [3.8, 4) is 11.5 Å². The maximum atomic E-state index is 13.6. The Labute approximate surface area is 134 Å². The second-order valence-corrected chi connectivity index (χ2v) is 5.49. The number of alkyl halides is 1. The lowest BCUT2D eigenvalue weighted by Crippen LogP contribution is -2.10. The summed E-state index contributed by atoms with van der Waals surface area (Å²) in [5.41, 5.74) is 0.785. The van der Waals surface area contributed by atoms with Crippen molar-refractivity contribution in [2.24, 2.45) is 0 Å². The molecule has 2 nitrogen and oxygen atoms in total. The highest BCUT2D eigenvalue weighted by Gasteiger charge is 2.08. The van der Waals surface area contributed by atoms with Crippen LogP contribution >= 0.6 is 31.9 Å². The van der Waals surface area contributed by atoms with E-state index in [-0.39, 0.29) is 18.2 Å².